The Balaban J connectivity index is 1.84. The molecule has 1 aliphatic heterocycles. The van der Waals surface area contributed by atoms with Crippen LogP contribution in [0.4, 0.5) is 10.8 Å². The van der Waals surface area contributed by atoms with Crippen LogP contribution >= 0.6 is 23.1 Å². The van der Waals surface area contributed by atoms with Gasteiger partial charge in [-0.25, -0.2) is 0 Å². The highest BCUT2D eigenvalue weighted by atomic mass is 32.2. The first-order valence-electron chi connectivity index (χ1n) is 8.65. The number of nitrogens with zero attached hydrogens (tertiary/aromatic N) is 4. The van der Waals surface area contributed by atoms with Crippen molar-refractivity contribution in [2.45, 2.75) is 37.2 Å². The first-order valence-corrected chi connectivity index (χ1v) is 10.5. The molecule has 1 N–H and O–H groups in total. The Morgan fingerprint density at radius 1 is 1.36 bits per heavy atom. The third-order valence-electron chi connectivity index (χ3n) is 4.31. The number of aromatic nitrogens is 2. The average Bonchev–Trinajstić information content (AvgIpc) is 3.19. The molecule has 2 aromatic rings. The van der Waals surface area contributed by atoms with Crippen LogP contribution in [0.3, 0.4) is 0 Å². The summed E-state index contributed by atoms with van der Waals surface area (Å²) < 4.78 is 0.395. The fourth-order valence-corrected chi connectivity index (χ4v) is 4.88. The highest BCUT2D eigenvalue weighted by molar-refractivity contribution is 8.01. The maximum absolute atomic E-state index is 13.7. The number of quaternary nitrogens is 1. The molecule has 0 radical (unpaired) electrons. The lowest BCUT2D eigenvalue weighted by Gasteiger charge is -2.40. The number of hydroxylamine groups is 2. The Bertz CT molecular complexity index is 710. The van der Waals surface area contributed by atoms with Gasteiger partial charge in [-0.2, -0.15) is 0 Å². The molecule has 8 heteroatoms. The smallest absolute Gasteiger partial charge is 0.310 e. The summed E-state index contributed by atoms with van der Waals surface area (Å²) in [6.45, 7) is 5.33. The third kappa shape index (κ3) is 3.98. The fourth-order valence-electron chi connectivity index (χ4n) is 3.04. The normalized spacial score (nSPS) is 23.9. The van der Waals surface area contributed by atoms with E-state index in [0.717, 1.165) is 28.6 Å². The molecule has 6 nitrogen and oxygen atoms in total. The Hall–Kier alpha value is -1.19. The maximum atomic E-state index is 13.7. The van der Waals surface area contributed by atoms with Gasteiger partial charge in [0.1, 0.15) is 6.67 Å². The van der Waals surface area contributed by atoms with Crippen LogP contribution in [-0.4, -0.2) is 47.3 Å². The first-order chi connectivity index (χ1) is 12.1. The molecule has 2 heterocycles. The number of likely N-dealkylation sites (N-methyl/N-ethyl adjacent to an activating group) is 1. The monoisotopic (exact) mass is 379 g/mol. The number of para-hydroxylation sites is 1. The van der Waals surface area contributed by atoms with Gasteiger partial charge >= 0.3 is 5.13 Å². The van der Waals surface area contributed by atoms with Gasteiger partial charge in [0.15, 0.2) is 10.5 Å². The minimum atomic E-state index is -0.487. The maximum Gasteiger partial charge on any atom is 0.310 e. The van der Waals surface area contributed by atoms with Gasteiger partial charge in [-0.3, -0.25) is 9.55 Å². The van der Waals surface area contributed by atoms with Crippen molar-refractivity contribution < 1.29 is 0 Å². The Kier molecular flexibility index (Phi) is 5.96. The molecular weight excluding hydrogens is 354 g/mol. The van der Waals surface area contributed by atoms with Crippen LogP contribution in [0.2, 0.25) is 0 Å². The first kappa shape index (κ1) is 18.6. The highest BCUT2D eigenvalue weighted by Gasteiger charge is 2.43. The molecule has 136 valence electrons. The number of hydrogen-bond acceptors (Lipinski definition) is 7. The number of hydrogen-bond donors (Lipinski definition) is 1. The predicted molar refractivity (Wildman–Crippen MR) is 107 cm³/mol. The van der Waals surface area contributed by atoms with E-state index >= 15 is 0 Å². The number of rotatable bonds is 7. The molecular formula is C17H25N5OS2. The number of thioether (sulfide) groups is 1. The second kappa shape index (κ2) is 8.01. The highest BCUT2D eigenvalue weighted by Crippen LogP contribution is 2.37. The molecule has 25 heavy (non-hydrogen) atoms. The van der Waals surface area contributed by atoms with E-state index in [2.05, 4.69) is 40.3 Å². The van der Waals surface area contributed by atoms with Crippen LogP contribution in [0.5, 0.6) is 0 Å². The van der Waals surface area contributed by atoms with E-state index in [0.29, 0.717) is 18.3 Å². The largest absolute Gasteiger partial charge is 0.623 e. The Labute approximate surface area is 157 Å². The number of benzene rings is 1. The lowest BCUT2D eigenvalue weighted by molar-refractivity contribution is 0.322. The van der Waals surface area contributed by atoms with Crippen LogP contribution in [0.25, 0.3) is 0 Å². The molecule has 1 saturated heterocycles. The zero-order valence-corrected chi connectivity index (χ0v) is 16.6. The zero-order valence-electron chi connectivity index (χ0n) is 14.9. The summed E-state index contributed by atoms with van der Waals surface area (Å²) in [5.74, 6) is 0.999. The van der Waals surface area contributed by atoms with Crippen LogP contribution in [0.15, 0.2) is 28.6 Å². The molecule has 0 saturated carbocycles. The lowest BCUT2D eigenvalue weighted by Crippen LogP contribution is -2.52. The molecule has 2 unspecified atom stereocenters. The summed E-state index contributed by atoms with van der Waals surface area (Å²) in [7, 11) is 1.98. The van der Waals surface area contributed by atoms with E-state index in [4.69, 9.17) is 0 Å². The number of anilines is 1. The van der Waals surface area contributed by atoms with Gasteiger partial charge in [0.2, 0.25) is 0 Å². The quantitative estimate of drug-likeness (QED) is 0.449. The summed E-state index contributed by atoms with van der Waals surface area (Å²) in [4.78, 5) is 2.06. The van der Waals surface area contributed by atoms with Gasteiger partial charge in [-0.05, 0) is 42.9 Å². The van der Waals surface area contributed by atoms with E-state index in [9.17, 15) is 5.21 Å². The van der Waals surface area contributed by atoms with Crippen molar-refractivity contribution >= 4 is 33.9 Å². The van der Waals surface area contributed by atoms with E-state index < -0.39 is 4.65 Å². The predicted octanol–water partition coefficient (Wildman–Crippen LogP) is 3.75. The molecule has 0 spiro atoms. The van der Waals surface area contributed by atoms with Crippen molar-refractivity contribution in [2.24, 2.45) is 0 Å². The van der Waals surface area contributed by atoms with Crippen LogP contribution in [-0.2, 0) is 6.42 Å². The SMILES string of the molecule is CCCSc1nnc([N+]2([O-])CN(C)CC2Nc2ccccc2CC)s1. The molecule has 0 bridgehead atoms. The van der Waals surface area contributed by atoms with E-state index in [-0.39, 0.29) is 6.17 Å². The zero-order chi connectivity index (χ0) is 17.9. The van der Waals surface area contributed by atoms with Gasteiger partial charge in [0.05, 0.1) is 6.54 Å². The van der Waals surface area contributed by atoms with Crippen LogP contribution in [0, 0.1) is 5.21 Å². The Morgan fingerprint density at radius 2 is 2.16 bits per heavy atom. The van der Waals surface area contributed by atoms with Crippen molar-refractivity contribution in [1.29, 1.82) is 0 Å². The molecule has 1 aromatic heterocycles. The van der Waals surface area contributed by atoms with Crippen LogP contribution in [0.1, 0.15) is 25.8 Å². The molecule has 1 fully saturated rings. The van der Waals surface area contributed by atoms with Gasteiger partial charge in [0.25, 0.3) is 0 Å². The van der Waals surface area contributed by atoms with Crippen molar-refractivity contribution in [3.8, 4) is 0 Å². The van der Waals surface area contributed by atoms with E-state index in [1.807, 2.05) is 25.2 Å². The fraction of sp³-hybridized carbons (Fsp3) is 0.529. The standard InChI is InChI=1S/C17H25N5OS2/c1-4-10-24-17-20-19-16(25-17)22(23)12-21(3)11-15(22)18-14-9-7-6-8-13(14)5-2/h6-9,15,18H,4-5,10-12H2,1-3H3. The molecule has 1 aromatic carbocycles. The van der Waals surface area contributed by atoms with E-state index in [1.165, 1.54) is 16.9 Å². The number of nitrogens with one attached hydrogen (secondary N) is 1. The molecule has 0 aliphatic carbocycles. The van der Waals surface area contributed by atoms with Gasteiger partial charge in [-0.1, -0.05) is 48.9 Å². The average molecular weight is 380 g/mol. The minimum absolute atomic E-state index is 0.283. The van der Waals surface area contributed by atoms with Gasteiger partial charge < -0.3 is 10.5 Å². The van der Waals surface area contributed by atoms with Crippen molar-refractivity contribution in [2.75, 3.05) is 31.3 Å². The summed E-state index contributed by atoms with van der Waals surface area (Å²) >= 11 is 3.10. The summed E-state index contributed by atoms with van der Waals surface area (Å²) in [5.41, 5.74) is 2.26. The second-order valence-electron chi connectivity index (χ2n) is 6.35. The van der Waals surface area contributed by atoms with Crippen molar-refractivity contribution in [3.63, 3.8) is 0 Å². The second-order valence-corrected chi connectivity index (χ2v) is 8.64. The van der Waals surface area contributed by atoms with Gasteiger partial charge in [-0.15, -0.1) is 5.10 Å². The summed E-state index contributed by atoms with van der Waals surface area (Å²) in [6, 6.07) is 8.19. The van der Waals surface area contributed by atoms with Gasteiger partial charge in [0, 0.05) is 11.4 Å². The minimum Gasteiger partial charge on any atom is -0.623 e. The Morgan fingerprint density at radius 3 is 2.92 bits per heavy atom. The van der Waals surface area contributed by atoms with Crippen molar-refractivity contribution in [1.82, 2.24) is 19.7 Å². The molecule has 2 atom stereocenters. The van der Waals surface area contributed by atoms with Crippen molar-refractivity contribution in [3.05, 3.63) is 35.0 Å². The lowest BCUT2D eigenvalue weighted by atomic mass is 10.1. The van der Waals surface area contributed by atoms with Crippen LogP contribution < -0.4 is 9.96 Å². The molecule has 1 aliphatic rings. The summed E-state index contributed by atoms with van der Waals surface area (Å²) in [5, 5.41) is 26.1. The number of aryl methyl sites for hydroxylation is 1. The topological polar surface area (TPSA) is 64.1 Å². The van der Waals surface area contributed by atoms with E-state index in [1.54, 1.807) is 11.8 Å². The molecule has 3 rings (SSSR count). The molecule has 0 amide bonds. The third-order valence-corrected chi connectivity index (χ3v) is 6.68. The summed E-state index contributed by atoms with van der Waals surface area (Å²) in [6.07, 6.45) is 1.73.